The van der Waals surface area contributed by atoms with Crippen molar-refractivity contribution in [3.05, 3.63) is 100 Å². The van der Waals surface area contributed by atoms with E-state index in [4.69, 9.17) is 11.6 Å². The zero-order chi connectivity index (χ0) is 20.8. The Bertz CT molecular complexity index is 1020. The highest BCUT2D eigenvalue weighted by molar-refractivity contribution is 6.33. The van der Waals surface area contributed by atoms with Crippen LogP contribution in [0.5, 0.6) is 0 Å². The zero-order valence-corrected chi connectivity index (χ0v) is 16.5. The first-order valence-electron chi connectivity index (χ1n) is 9.10. The molecular weight excluding hydrogens is 391 g/mol. The standard InChI is InChI=1S/C23H20ClFN2O2/c1-15-11-12-20(19(25)13-15)26-22(28)14-21(16-7-3-2-4-8-16)27-23(29)17-9-5-6-10-18(17)24/h2-13,21H,14H2,1H3,(H,26,28)(H,27,29). The van der Waals surface area contributed by atoms with Gasteiger partial charge in [-0.1, -0.05) is 60.1 Å². The van der Waals surface area contributed by atoms with Crippen molar-refractivity contribution in [2.75, 3.05) is 5.32 Å². The normalized spacial score (nSPS) is 11.6. The number of carbonyl (C=O) groups is 2. The first-order valence-corrected chi connectivity index (χ1v) is 9.48. The van der Waals surface area contributed by atoms with Crippen molar-refractivity contribution in [1.82, 2.24) is 5.32 Å². The minimum atomic E-state index is -0.603. The first-order chi connectivity index (χ1) is 13.9. The van der Waals surface area contributed by atoms with Gasteiger partial charge in [0.2, 0.25) is 5.91 Å². The molecule has 4 nitrogen and oxygen atoms in total. The molecule has 3 aromatic rings. The van der Waals surface area contributed by atoms with Crippen molar-refractivity contribution >= 4 is 29.1 Å². The van der Waals surface area contributed by atoms with Gasteiger partial charge in [0.15, 0.2) is 0 Å². The van der Waals surface area contributed by atoms with Crippen molar-refractivity contribution in [3.8, 4) is 0 Å². The monoisotopic (exact) mass is 410 g/mol. The van der Waals surface area contributed by atoms with Gasteiger partial charge in [-0.05, 0) is 42.3 Å². The molecule has 0 saturated heterocycles. The van der Waals surface area contributed by atoms with E-state index in [9.17, 15) is 14.0 Å². The SMILES string of the molecule is Cc1ccc(NC(=O)CC(NC(=O)c2ccccc2Cl)c2ccccc2)c(F)c1. The van der Waals surface area contributed by atoms with Crippen LogP contribution < -0.4 is 10.6 Å². The van der Waals surface area contributed by atoms with E-state index in [0.29, 0.717) is 10.6 Å². The minimum Gasteiger partial charge on any atom is -0.345 e. The summed E-state index contributed by atoms with van der Waals surface area (Å²) in [5, 5.41) is 5.75. The molecule has 3 aromatic carbocycles. The summed E-state index contributed by atoms with van der Waals surface area (Å²) in [4.78, 5) is 25.3. The maximum absolute atomic E-state index is 14.0. The predicted octanol–water partition coefficient (Wildman–Crippen LogP) is 5.29. The lowest BCUT2D eigenvalue weighted by atomic mass is 10.0. The Hall–Kier alpha value is -3.18. The van der Waals surface area contributed by atoms with Crippen molar-refractivity contribution in [3.63, 3.8) is 0 Å². The van der Waals surface area contributed by atoms with Gasteiger partial charge in [0.05, 0.1) is 28.7 Å². The number of nitrogens with one attached hydrogen (secondary N) is 2. The smallest absolute Gasteiger partial charge is 0.253 e. The second-order valence-electron chi connectivity index (χ2n) is 6.65. The molecule has 0 saturated carbocycles. The third-order valence-corrected chi connectivity index (χ3v) is 4.74. The fourth-order valence-corrected chi connectivity index (χ4v) is 3.15. The zero-order valence-electron chi connectivity index (χ0n) is 15.8. The van der Waals surface area contributed by atoms with Gasteiger partial charge < -0.3 is 10.6 Å². The average Bonchev–Trinajstić information content (AvgIpc) is 2.70. The molecule has 0 heterocycles. The maximum Gasteiger partial charge on any atom is 0.253 e. The number of halogens is 2. The van der Waals surface area contributed by atoms with E-state index in [-0.39, 0.29) is 12.1 Å². The van der Waals surface area contributed by atoms with Crippen LogP contribution in [0.2, 0.25) is 5.02 Å². The van der Waals surface area contributed by atoms with Gasteiger partial charge in [0.25, 0.3) is 5.91 Å². The Labute approximate surface area is 173 Å². The number of carbonyl (C=O) groups excluding carboxylic acids is 2. The van der Waals surface area contributed by atoms with Crippen LogP contribution in [-0.4, -0.2) is 11.8 Å². The van der Waals surface area contributed by atoms with Crippen LogP contribution in [0.3, 0.4) is 0 Å². The maximum atomic E-state index is 14.0. The van der Waals surface area contributed by atoms with Crippen molar-refractivity contribution in [1.29, 1.82) is 0 Å². The molecule has 0 bridgehead atoms. The third kappa shape index (κ3) is 5.42. The van der Waals surface area contributed by atoms with E-state index in [2.05, 4.69) is 10.6 Å². The lowest BCUT2D eigenvalue weighted by Gasteiger charge is -2.19. The molecule has 2 amide bonds. The van der Waals surface area contributed by atoms with Gasteiger partial charge >= 0.3 is 0 Å². The number of hydrogen-bond acceptors (Lipinski definition) is 2. The number of rotatable bonds is 6. The molecule has 0 radical (unpaired) electrons. The lowest BCUT2D eigenvalue weighted by Crippen LogP contribution is -2.31. The Morgan fingerprint density at radius 3 is 2.38 bits per heavy atom. The quantitative estimate of drug-likeness (QED) is 0.580. The molecule has 0 aliphatic rings. The largest absolute Gasteiger partial charge is 0.345 e. The van der Waals surface area contributed by atoms with Gasteiger partial charge in [-0.2, -0.15) is 0 Å². The van der Waals surface area contributed by atoms with E-state index in [0.717, 1.165) is 11.1 Å². The van der Waals surface area contributed by atoms with Crippen LogP contribution >= 0.6 is 11.6 Å². The molecule has 3 rings (SSSR count). The van der Waals surface area contributed by atoms with Gasteiger partial charge in [0, 0.05) is 0 Å². The van der Waals surface area contributed by atoms with Crippen molar-refractivity contribution in [2.24, 2.45) is 0 Å². The van der Waals surface area contributed by atoms with Gasteiger partial charge in [-0.15, -0.1) is 0 Å². The Morgan fingerprint density at radius 2 is 1.69 bits per heavy atom. The van der Waals surface area contributed by atoms with Gasteiger partial charge in [-0.3, -0.25) is 9.59 Å². The Morgan fingerprint density at radius 1 is 1.00 bits per heavy atom. The van der Waals surface area contributed by atoms with Crippen molar-refractivity contribution < 1.29 is 14.0 Å². The number of benzene rings is 3. The minimum absolute atomic E-state index is 0.0620. The van der Waals surface area contributed by atoms with E-state index in [1.165, 1.54) is 12.1 Å². The summed E-state index contributed by atoms with van der Waals surface area (Å²) < 4.78 is 14.0. The third-order valence-electron chi connectivity index (χ3n) is 4.41. The average molecular weight is 411 g/mol. The van der Waals surface area contributed by atoms with Crippen LogP contribution in [0.4, 0.5) is 10.1 Å². The summed E-state index contributed by atoms with van der Waals surface area (Å²) in [6.07, 6.45) is -0.0620. The van der Waals surface area contributed by atoms with Gasteiger partial charge in [0.1, 0.15) is 5.82 Å². The number of anilines is 1. The first kappa shape index (κ1) is 20.6. The Balaban J connectivity index is 1.78. The molecule has 0 aliphatic heterocycles. The topological polar surface area (TPSA) is 58.2 Å². The second kappa shape index (κ2) is 9.34. The fourth-order valence-electron chi connectivity index (χ4n) is 2.93. The summed E-state index contributed by atoms with van der Waals surface area (Å²) in [5.41, 5.74) is 1.94. The summed E-state index contributed by atoms with van der Waals surface area (Å²) in [6.45, 7) is 1.77. The molecule has 1 atom stereocenters. The van der Waals surface area contributed by atoms with E-state index < -0.39 is 23.7 Å². The highest BCUT2D eigenvalue weighted by atomic mass is 35.5. The molecule has 0 aromatic heterocycles. The van der Waals surface area contributed by atoms with Crippen LogP contribution in [0.25, 0.3) is 0 Å². The number of hydrogen-bond donors (Lipinski definition) is 2. The Kier molecular flexibility index (Phi) is 6.62. The summed E-state index contributed by atoms with van der Waals surface area (Å²) in [7, 11) is 0. The highest BCUT2D eigenvalue weighted by Crippen LogP contribution is 2.22. The van der Waals surface area contributed by atoms with Crippen molar-refractivity contribution in [2.45, 2.75) is 19.4 Å². The van der Waals surface area contributed by atoms with E-state index in [1.54, 1.807) is 37.3 Å². The molecule has 148 valence electrons. The predicted molar refractivity (Wildman–Crippen MR) is 112 cm³/mol. The molecule has 6 heteroatoms. The molecule has 29 heavy (non-hydrogen) atoms. The molecular formula is C23H20ClFN2O2. The number of aryl methyl sites for hydroxylation is 1. The van der Waals surface area contributed by atoms with Crippen LogP contribution in [0.1, 0.15) is 33.9 Å². The van der Waals surface area contributed by atoms with Crippen LogP contribution in [0.15, 0.2) is 72.8 Å². The fraction of sp³-hybridized carbons (Fsp3) is 0.130. The van der Waals surface area contributed by atoms with E-state index >= 15 is 0 Å². The number of amides is 2. The molecule has 0 aliphatic carbocycles. The highest BCUT2D eigenvalue weighted by Gasteiger charge is 2.21. The summed E-state index contributed by atoms with van der Waals surface area (Å²) in [5.74, 6) is -1.31. The molecule has 0 fully saturated rings. The second-order valence-corrected chi connectivity index (χ2v) is 7.06. The summed E-state index contributed by atoms with van der Waals surface area (Å²) >= 11 is 6.11. The summed E-state index contributed by atoms with van der Waals surface area (Å²) in [6, 6.07) is 19.8. The molecule has 1 unspecified atom stereocenters. The van der Waals surface area contributed by atoms with E-state index in [1.807, 2.05) is 30.3 Å². The molecule has 2 N–H and O–H groups in total. The van der Waals surface area contributed by atoms with Crippen LogP contribution in [-0.2, 0) is 4.79 Å². The van der Waals surface area contributed by atoms with Gasteiger partial charge in [-0.25, -0.2) is 4.39 Å². The lowest BCUT2D eigenvalue weighted by molar-refractivity contribution is -0.116. The van der Waals surface area contributed by atoms with Crippen LogP contribution in [0, 0.1) is 12.7 Å². The molecule has 0 spiro atoms.